The van der Waals surface area contributed by atoms with Crippen LogP contribution in [0.15, 0.2) is 71.7 Å². The van der Waals surface area contributed by atoms with E-state index in [0.717, 1.165) is 0 Å². The molecule has 0 aliphatic rings. The van der Waals surface area contributed by atoms with E-state index >= 15 is 0 Å². The van der Waals surface area contributed by atoms with Crippen LogP contribution in [0.25, 0.3) is 0 Å². The van der Waals surface area contributed by atoms with E-state index in [2.05, 4.69) is 4.99 Å². The number of aryl methyl sites for hydroxylation is 1. The Kier molecular flexibility index (Phi) is 14.2. The van der Waals surface area contributed by atoms with E-state index in [-0.39, 0.29) is 60.2 Å². The number of halogens is 3. The third-order valence-electron chi connectivity index (χ3n) is 5.17. The Bertz CT molecular complexity index is 1410. The molecule has 216 valence electrons. The van der Waals surface area contributed by atoms with Crippen LogP contribution < -0.4 is 16.2 Å². The van der Waals surface area contributed by atoms with E-state index < -0.39 is 30.2 Å². The molecule has 1 amide bonds. The largest absolute Gasteiger partial charge is 0.480 e. The van der Waals surface area contributed by atoms with E-state index in [4.69, 9.17) is 37.4 Å². The van der Waals surface area contributed by atoms with Crippen LogP contribution in [-0.4, -0.2) is 46.5 Å². The van der Waals surface area contributed by atoms with Gasteiger partial charge in [-0.05, 0) is 66.1 Å². The summed E-state index contributed by atoms with van der Waals surface area (Å²) < 4.78 is 18.5. The van der Waals surface area contributed by atoms with Gasteiger partial charge in [-0.15, -0.1) is 12.4 Å². The number of hydrogen-bond donors (Lipinski definition) is 3. The Morgan fingerprint density at radius 2 is 1.61 bits per heavy atom. The summed E-state index contributed by atoms with van der Waals surface area (Å²) in [6, 6.07) is 16.3. The first-order valence-corrected chi connectivity index (χ1v) is 11.8. The zero-order chi connectivity index (χ0) is 29.7. The second kappa shape index (κ2) is 17.0. The van der Waals surface area contributed by atoms with Crippen molar-refractivity contribution in [3.63, 3.8) is 0 Å². The predicted molar refractivity (Wildman–Crippen MR) is 148 cm³/mol. The van der Waals surface area contributed by atoms with Crippen molar-refractivity contribution in [2.24, 2.45) is 16.5 Å². The van der Waals surface area contributed by atoms with Crippen LogP contribution in [0.2, 0.25) is 5.02 Å². The van der Waals surface area contributed by atoms with E-state index in [1.807, 2.05) is 0 Å². The molecule has 5 N–H and O–H groups in total. The summed E-state index contributed by atoms with van der Waals surface area (Å²) in [5.74, 6) is -2.49. The Morgan fingerprint density at radius 1 is 1.00 bits per heavy atom. The molecule has 41 heavy (non-hydrogen) atoms. The summed E-state index contributed by atoms with van der Waals surface area (Å²) >= 11 is 6.34. The quantitative estimate of drug-likeness (QED) is 0.134. The maximum Gasteiger partial charge on any atom is 0.373 e. The fraction of sp³-hybridized carbons (Fsp3) is 0.148. The number of carboxylic acids is 1. The number of benzene rings is 3. The lowest BCUT2D eigenvalue weighted by Gasteiger charge is -2.21. The second-order valence-corrected chi connectivity index (χ2v) is 8.49. The summed E-state index contributed by atoms with van der Waals surface area (Å²) in [6.07, 6.45) is 0.479. The summed E-state index contributed by atoms with van der Waals surface area (Å²) in [5, 5.41) is 9.47. The molecule has 0 bridgehead atoms. The number of carboxylic acid groups (broad SMARTS) is 1. The zero-order valence-corrected chi connectivity index (χ0v) is 22.9. The first kappa shape index (κ1) is 34.3. The van der Waals surface area contributed by atoms with Gasteiger partial charge in [-0.1, -0.05) is 29.8 Å². The molecule has 3 aromatic rings. The van der Waals surface area contributed by atoms with Crippen LogP contribution in [0.5, 0.6) is 5.75 Å². The molecule has 0 aliphatic heterocycles. The van der Waals surface area contributed by atoms with Crippen molar-refractivity contribution in [2.75, 3.05) is 6.54 Å². The number of ether oxygens (including phenoxy) is 1. The number of guanidine groups is 1. The van der Waals surface area contributed by atoms with Gasteiger partial charge in [0.25, 0.3) is 0 Å². The minimum atomic E-state index is -1.16. The smallest absolute Gasteiger partial charge is 0.373 e. The van der Waals surface area contributed by atoms with Gasteiger partial charge in [0.15, 0.2) is 5.96 Å². The third kappa shape index (κ3) is 11.9. The maximum absolute atomic E-state index is 13.1. The number of aliphatic imine (C=N–C) groups is 1. The van der Waals surface area contributed by atoms with E-state index in [9.17, 15) is 23.9 Å². The first-order chi connectivity index (χ1) is 19.0. The molecule has 0 heterocycles. The SMILES string of the molecule is Cl.NC(N)=Nc1ccc(C(=O)Oc2ccc(CCC(=O)N(CC(=O)O)Cc3ccc(F)cc3)c(Cl)c2)cc1.O=C=O. The number of carbonyl (C=O) groups excluding carboxylic acids is 4. The Labute approximate surface area is 245 Å². The molecule has 3 rings (SSSR count). The maximum atomic E-state index is 13.1. The number of amides is 1. The normalized spacial score (nSPS) is 9.61. The predicted octanol–water partition coefficient (Wildman–Crippen LogP) is 3.49. The molecule has 0 atom stereocenters. The van der Waals surface area contributed by atoms with Crippen LogP contribution >= 0.6 is 24.0 Å². The molecule has 3 aromatic carbocycles. The summed E-state index contributed by atoms with van der Waals surface area (Å²) in [4.78, 5) is 57.7. The monoisotopic (exact) mass is 606 g/mol. The van der Waals surface area contributed by atoms with Gasteiger partial charge in [-0.2, -0.15) is 9.59 Å². The molecule has 0 saturated heterocycles. The molecular formula is C27H25Cl2FN4O7. The molecule has 11 nitrogen and oxygen atoms in total. The van der Waals surface area contributed by atoms with E-state index in [1.165, 1.54) is 47.4 Å². The lowest BCUT2D eigenvalue weighted by atomic mass is 10.1. The van der Waals surface area contributed by atoms with E-state index in [0.29, 0.717) is 16.8 Å². The van der Waals surface area contributed by atoms with E-state index in [1.54, 1.807) is 24.3 Å². The van der Waals surface area contributed by atoms with Gasteiger partial charge in [-0.25, -0.2) is 14.2 Å². The van der Waals surface area contributed by atoms with Gasteiger partial charge in [-0.3, -0.25) is 9.59 Å². The number of nitrogens with zero attached hydrogens (tertiary/aromatic N) is 2. The van der Waals surface area contributed by atoms with Gasteiger partial charge in [0.1, 0.15) is 18.1 Å². The highest BCUT2D eigenvalue weighted by Crippen LogP contribution is 2.25. The fourth-order valence-corrected chi connectivity index (χ4v) is 3.65. The number of aliphatic carboxylic acids is 1. The van der Waals surface area contributed by atoms with Gasteiger partial charge < -0.3 is 26.2 Å². The van der Waals surface area contributed by atoms with Crippen LogP contribution in [0.1, 0.15) is 27.9 Å². The van der Waals surface area contributed by atoms with Crippen molar-refractivity contribution in [1.82, 2.24) is 4.90 Å². The van der Waals surface area contributed by atoms with Crippen molar-refractivity contribution in [3.8, 4) is 5.75 Å². The van der Waals surface area contributed by atoms with Gasteiger partial charge in [0.2, 0.25) is 5.91 Å². The van der Waals surface area contributed by atoms with Crippen molar-refractivity contribution in [2.45, 2.75) is 19.4 Å². The van der Waals surface area contributed by atoms with Crippen LogP contribution in [0.3, 0.4) is 0 Å². The number of nitrogens with two attached hydrogens (primary N) is 2. The average molecular weight is 607 g/mol. The number of hydrogen-bond acceptors (Lipinski definition) is 7. The lowest BCUT2D eigenvalue weighted by molar-refractivity contribution is -0.191. The number of esters is 1. The van der Waals surface area contributed by atoms with Gasteiger partial charge in [0, 0.05) is 18.0 Å². The molecule has 0 unspecified atom stereocenters. The Balaban J connectivity index is 0.00000201. The molecule has 14 heteroatoms. The second-order valence-electron chi connectivity index (χ2n) is 8.08. The van der Waals surface area contributed by atoms with Gasteiger partial charge >= 0.3 is 18.1 Å². The zero-order valence-electron chi connectivity index (χ0n) is 21.3. The highest BCUT2D eigenvalue weighted by Gasteiger charge is 2.18. The average Bonchev–Trinajstić information content (AvgIpc) is 2.89. The van der Waals surface area contributed by atoms with Crippen molar-refractivity contribution < 1.29 is 38.2 Å². The highest BCUT2D eigenvalue weighted by atomic mass is 35.5. The van der Waals surface area contributed by atoms with Crippen LogP contribution in [0.4, 0.5) is 10.1 Å². The summed E-state index contributed by atoms with van der Waals surface area (Å²) in [7, 11) is 0. The Morgan fingerprint density at radius 3 is 2.15 bits per heavy atom. The lowest BCUT2D eigenvalue weighted by Crippen LogP contribution is -2.35. The minimum Gasteiger partial charge on any atom is -0.480 e. The summed E-state index contributed by atoms with van der Waals surface area (Å²) in [5.41, 5.74) is 12.6. The minimum absolute atomic E-state index is 0. The molecular weight excluding hydrogens is 582 g/mol. The fourth-order valence-electron chi connectivity index (χ4n) is 3.39. The molecule has 0 radical (unpaired) electrons. The molecule has 0 spiro atoms. The van der Waals surface area contributed by atoms with Crippen molar-refractivity contribution in [1.29, 1.82) is 0 Å². The molecule has 0 saturated carbocycles. The summed E-state index contributed by atoms with van der Waals surface area (Å²) in [6.45, 7) is -0.466. The third-order valence-corrected chi connectivity index (χ3v) is 5.52. The molecule has 0 aliphatic carbocycles. The highest BCUT2D eigenvalue weighted by molar-refractivity contribution is 6.31. The van der Waals surface area contributed by atoms with Crippen molar-refractivity contribution >= 4 is 59.7 Å². The number of rotatable bonds is 10. The van der Waals surface area contributed by atoms with Gasteiger partial charge in [0.05, 0.1) is 11.3 Å². The standard InChI is InChI=1S/C26H24ClFN4O5.CO2.ClH/c27-22-13-21(37-25(36)18-3-9-20(10-4-18)31-26(29)30)11-5-17(22)6-12-23(33)32(15-24(34)35)14-16-1-7-19(28)8-2-16;2-1-3;/h1-5,7-11,13H,6,12,14-15H2,(H,34,35)(H4,29,30,31);;1H. The van der Waals surface area contributed by atoms with Crippen LogP contribution in [-0.2, 0) is 32.1 Å². The van der Waals surface area contributed by atoms with Crippen molar-refractivity contribution in [3.05, 3.63) is 94.3 Å². The number of carbonyl (C=O) groups is 3. The molecule has 0 aromatic heterocycles. The topological polar surface area (TPSA) is 182 Å². The molecule has 0 fully saturated rings. The Hall–Kier alpha value is -4.77. The van der Waals surface area contributed by atoms with Crippen LogP contribution in [0, 0.1) is 5.82 Å². The first-order valence-electron chi connectivity index (χ1n) is 11.5.